The van der Waals surface area contributed by atoms with Gasteiger partial charge in [0.2, 0.25) is 5.91 Å². The SMILES string of the molecule is O=C(O)CC1SC(=NN=Cc2ccc(-c3cccc4ccccc34)cc2)NC1=O. The van der Waals surface area contributed by atoms with Gasteiger partial charge in [-0.25, -0.2) is 0 Å². The molecule has 0 saturated carbocycles. The number of aliphatic carboxylic acids is 1. The third kappa shape index (κ3) is 4.35. The standard InChI is InChI=1S/C22H17N3O3S/c26-20(27)12-19-21(28)24-22(29-19)25-23-13-14-8-10-16(11-9-14)18-7-3-5-15-4-1-2-6-17(15)18/h1-11,13,19H,12H2,(H,26,27)(H,24,25,28). The van der Waals surface area contributed by atoms with Crippen LogP contribution in [0.2, 0.25) is 0 Å². The Hall–Kier alpha value is -3.45. The normalized spacial score (nSPS) is 17.9. The monoisotopic (exact) mass is 403 g/mol. The number of hydrogen-bond donors (Lipinski definition) is 2. The van der Waals surface area contributed by atoms with Gasteiger partial charge in [-0.05, 0) is 27.5 Å². The number of nitrogens with one attached hydrogen (secondary N) is 1. The zero-order valence-corrected chi connectivity index (χ0v) is 16.1. The first-order valence-electron chi connectivity index (χ1n) is 8.99. The number of rotatable bonds is 5. The number of amidine groups is 1. The largest absolute Gasteiger partial charge is 0.481 e. The smallest absolute Gasteiger partial charge is 0.305 e. The summed E-state index contributed by atoms with van der Waals surface area (Å²) in [6, 6.07) is 22.5. The molecule has 6 nitrogen and oxygen atoms in total. The molecule has 1 heterocycles. The fourth-order valence-electron chi connectivity index (χ4n) is 3.12. The van der Waals surface area contributed by atoms with Gasteiger partial charge in [0.1, 0.15) is 5.25 Å². The van der Waals surface area contributed by atoms with E-state index in [0.29, 0.717) is 5.17 Å². The van der Waals surface area contributed by atoms with Crippen molar-refractivity contribution in [3.05, 3.63) is 72.3 Å². The first kappa shape index (κ1) is 18.9. The molecule has 1 fully saturated rings. The summed E-state index contributed by atoms with van der Waals surface area (Å²) >= 11 is 1.08. The van der Waals surface area contributed by atoms with Crippen molar-refractivity contribution < 1.29 is 14.7 Å². The molecule has 4 rings (SSSR count). The maximum absolute atomic E-state index is 11.7. The van der Waals surface area contributed by atoms with Gasteiger partial charge in [0, 0.05) is 0 Å². The van der Waals surface area contributed by atoms with Gasteiger partial charge >= 0.3 is 5.97 Å². The molecule has 1 amide bonds. The minimum absolute atomic E-state index is 0.241. The van der Waals surface area contributed by atoms with Gasteiger partial charge in [-0.1, -0.05) is 78.5 Å². The van der Waals surface area contributed by atoms with Gasteiger partial charge in [-0.15, -0.1) is 5.10 Å². The molecule has 1 unspecified atom stereocenters. The molecular formula is C22H17N3O3S. The van der Waals surface area contributed by atoms with Crippen molar-refractivity contribution in [3.63, 3.8) is 0 Å². The van der Waals surface area contributed by atoms with Crippen LogP contribution in [0.4, 0.5) is 0 Å². The third-order valence-corrected chi connectivity index (χ3v) is 5.58. The Labute approximate surface area is 171 Å². The lowest BCUT2D eigenvalue weighted by atomic mass is 9.98. The Morgan fingerprint density at radius 3 is 2.62 bits per heavy atom. The van der Waals surface area contributed by atoms with Gasteiger partial charge < -0.3 is 10.4 Å². The number of thioether (sulfide) groups is 1. The fraction of sp³-hybridized carbons (Fsp3) is 0.0909. The van der Waals surface area contributed by atoms with E-state index in [-0.39, 0.29) is 12.3 Å². The summed E-state index contributed by atoms with van der Waals surface area (Å²) in [5, 5.41) is 21.4. The van der Waals surface area contributed by atoms with Crippen LogP contribution in [0.1, 0.15) is 12.0 Å². The molecule has 0 spiro atoms. The predicted octanol–water partition coefficient (Wildman–Crippen LogP) is 3.90. The van der Waals surface area contributed by atoms with E-state index in [1.807, 2.05) is 42.5 Å². The number of nitrogens with zero attached hydrogens (tertiary/aromatic N) is 2. The van der Waals surface area contributed by atoms with Gasteiger partial charge in [0.05, 0.1) is 12.6 Å². The Morgan fingerprint density at radius 2 is 1.83 bits per heavy atom. The topological polar surface area (TPSA) is 91.1 Å². The molecule has 1 atom stereocenters. The van der Waals surface area contributed by atoms with Crippen LogP contribution in [-0.2, 0) is 9.59 Å². The van der Waals surface area contributed by atoms with Crippen molar-refractivity contribution in [3.8, 4) is 11.1 Å². The number of carboxylic acid groups (broad SMARTS) is 1. The van der Waals surface area contributed by atoms with Crippen molar-refractivity contribution in [1.29, 1.82) is 0 Å². The molecule has 0 aromatic heterocycles. The number of carbonyl (C=O) groups is 2. The second-order valence-corrected chi connectivity index (χ2v) is 7.68. The third-order valence-electron chi connectivity index (χ3n) is 4.50. The summed E-state index contributed by atoms with van der Waals surface area (Å²) in [5.74, 6) is -1.38. The minimum Gasteiger partial charge on any atom is -0.481 e. The second kappa shape index (κ2) is 8.28. The number of hydrogen-bond acceptors (Lipinski definition) is 5. The highest BCUT2D eigenvalue weighted by atomic mass is 32.2. The lowest BCUT2D eigenvalue weighted by Gasteiger charge is -2.07. The van der Waals surface area contributed by atoms with Crippen molar-refractivity contribution in [2.75, 3.05) is 0 Å². The zero-order chi connectivity index (χ0) is 20.2. The lowest BCUT2D eigenvalue weighted by Crippen LogP contribution is -2.26. The highest BCUT2D eigenvalue weighted by Gasteiger charge is 2.32. The van der Waals surface area contributed by atoms with E-state index in [4.69, 9.17) is 5.11 Å². The van der Waals surface area contributed by atoms with Crippen LogP contribution in [0.5, 0.6) is 0 Å². The van der Waals surface area contributed by atoms with Crippen LogP contribution in [0.25, 0.3) is 21.9 Å². The number of fused-ring (bicyclic) bond motifs is 1. The number of carboxylic acids is 1. The van der Waals surface area contributed by atoms with E-state index < -0.39 is 11.2 Å². The molecule has 1 saturated heterocycles. The Bertz CT molecular complexity index is 1130. The molecule has 0 bridgehead atoms. The van der Waals surface area contributed by atoms with E-state index in [0.717, 1.165) is 22.9 Å². The summed E-state index contributed by atoms with van der Waals surface area (Å²) in [6.45, 7) is 0. The van der Waals surface area contributed by atoms with Gasteiger partial charge in [0.15, 0.2) is 5.17 Å². The zero-order valence-electron chi connectivity index (χ0n) is 15.3. The second-order valence-electron chi connectivity index (χ2n) is 6.49. The van der Waals surface area contributed by atoms with Crippen LogP contribution in [0, 0.1) is 0 Å². The van der Waals surface area contributed by atoms with Crippen molar-refractivity contribution >= 4 is 45.8 Å². The fourth-order valence-corrected chi connectivity index (χ4v) is 4.03. The lowest BCUT2D eigenvalue weighted by molar-refractivity contribution is -0.138. The Balaban J connectivity index is 1.47. The average molecular weight is 403 g/mol. The van der Waals surface area contributed by atoms with Crippen LogP contribution in [-0.4, -0.2) is 33.6 Å². The Morgan fingerprint density at radius 1 is 1.07 bits per heavy atom. The summed E-state index contributed by atoms with van der Waals surface area (Å²) in [6.07, 6.45) is 1.35. The molecule has 0 radical (unpaired) electrons. The quantitative estimate of drug-likeness (QED) is 0.499. The summed E-state index contributed by atoms with van der Waals surface area (Å²) in [5.41, 5.74) is 3.15. The number of benzene rings is 3. The van der Waals surface area contributed by atoms with Crippen LogP contribution in [0.3, 0.4) is 0 Å². The Kier molecular flexibility index (Phi) is 5.39. The number of carbonyl (C=O) groups excluding carboxylic acids is 1. The van der Waals surface area contributed by atoms with Crippen molar-refractivity contribution in [1.82, 2.24) is 5.32 Å². The maximum atomic E-state index is 11.7. The van der Waals surface area contributed by atoms with E-state index in [9.17, 15) is 9.59 Å². The summed E-state index contributed by atoms with van der Waals surface area (Å²) < 4.78 is 0. The molecule has 2 N–H and O–H groups in total. The van der Waals surface area contributed by atoms with Crippen molar-refractivity contribution in [2.45, 2.75) is 11.7 Å². The highest BCUT2D eigenvalue weighted by molar-refractivity contribution is 8.15. The van der Waals surface area contributed by atoms with Gasteiger partial charge in [0.25, 0.3) is 0 Å². The minimum atomic E-state index is -1.02. The highest BCUT2D eigenvalue weighted by Crippen LogP contribution is 2.28. The summed E-state index contributed by atoms with van der Waals surface area (Å²) in [4.78, 5) is 22.4. The van der Waals surface area contributed by atoms with Crippen LogP contribution in [0.15, 0.2) is 76.9 Å². The molecule has 7 heteroatoms. The number of amides is 1. The van der Waals surface area contributed by atoms with E-state index >= 15 is 0 Å². The van der Waals surface area contributed by atoms with E-state index in [1.165, 1.54) is 16.3 Å². The molecule has 29 heavy (non-hydrogen) atoms. The molecule has 144 valence electrons. The first-order chi connectivity index (χ1) is 14.1. The van der Waals surface area contributed by atoms with Crippen LogP contribution >= 0.6 is 11.8 Å². The molecule has 0 aliphatic carbocycles. The van der Waals surface area contributed by atoms with E-state index in [1.54, 1.807) is 6.21 Å². The maximum Gasteiger partial charge on any atom is 0.305 e. The molecular weight excluding hydrogens is 386 g/mol. The predicted molar refractivity (Wildman–Crippen MR) is 116 cm³/mol. The summed E-state index contributed by atoms with van der Waals surface area (Å²) in [7, 11) is 0. The molecule has 3 aromatic carbocycles. The van der Waals surface area contributed by atoms with Gasteiger partial charge in [-0.2, -0.15) is 5.10 Å². The van der Waals surface area contributed by atoms with E-state index in [2.05, 4.69) is 39.8 Å². The molecule has 1 aliphatic rings. The molecule has 3 aromatic rings. The average Bonchev–Trinajstić information content (AvgIpc) is 3.06. The molecule has 1 aliphatic heterocycles. The first-order valence-corrected chi connectivity index (χ1v) is 9.87. The van der Waals surface area contributed by atoms with Gasteiger partial charge in [-0.3, -0.25) is 9.59 Å². The van der Waals surface area contributed by atoms with Crippen LogP contribution < -0.4 is 5.32 Å². The van der Waals surface area contributed by atoms with Crippen molar-refractivity contribution in [2.24, 2.45) is 10.2 Å².